The van der Waals surface area contributed by atoms with E-state index in [-0.39, 0.29) is 24.7 Å². The Labute approximate surface area is 179 Å². The normalized spacial score (nSPS) is 18.7. The molecule has 2 unspecified atom stereocenters. The molecule has 2 atom stereocenters. The van der Waals surface area contributed by atoms with Crippen LogP contribution < -0.4 is 5.32 Å². The molecule has 3 N–H and O–H groups in total. The van der Waals surface area contributed by atoms with Crippen molar-refractivity contribution in [1.82, 2.24) is 5.32 Å². The maximum atomic E-state index is 12.7. The number of hydrogen-bond acceptors (Lipinski definition) is 4. The van der Waals surface area contributed by atoms with Gasteiger partial charge in [0.05, 0.1) is 12.0 Å². The summed E-state index contributed by atoms with van der Waals surface area (Å²) in [5, 5.41) is 22.4. The van der Waals surface area contributed by atoms with Crippen molar-refractivity contribution in [3.8, 4) is 16.9 Å². The van der Waals surface area contributed by atoms with Crippen LogP contribution >= 0.6 is 0 Å². The van der Waals surface area contributed by atoms with E-state index in [4.69, 9.17) is 4.74 Å². The second kappa shape index (κ2) is 7.47. The van der Waals surface area contributed by atoms with Crippen LogP contribution in [0.15, 0.2) is 66.7 Å². The first-order valence-corrected chi connectivity index (χ1v) is 10.2. The molecule has 3 aromatic rings. The Hall–Kier alpha value is -3.80. The van der Waals surface area contributed by atoms with E-state index in [0.717, 1.165) is 22.3 Å². The minimum absolute atomic E-state index is 0.0422. The number of rotatable bonds is 4. The van der Waals surface area contributed by atoms with Gasteiger partial charge in [0.1, 0.15) is 12.4 Å². The number of benzene rings is 3. The van der Waals surface area contributed by atoms with Crippen molar-refractivity contribution in [1.29, 1.82) is 0 Å². The Morgan fingerprint density at radius 3 is 2.16 bits per heavy atom. The van der Waals surface area contributed by atoms with E-state index in [1.807, 2.05) is 36.4 Å². The smallest absolute Gasteiger partial charge is 0.407 e. The summed E-state index contributed by atoms with van der Waals surface area (Å²) >= 11 is 0. The van der Waals surface area contributed by atoms with Crippen LogP contribution in [0.1, 0.15) is 34.2 Å². The molecule has 0 aromatic heterocycles. The minimum Gasteiger partial charge on any atom is -0.508 e. The number of aliphatic carboxylic acids is 1. The topological polar surface area (TPSA) is 95.9 Å². The van der Waals surface area contributed by atoms with E-state index < -0.39 is 24.0 Å². The Kier molecular flexibility index (Phi) is 4.62. The highest BCUT2D eigenvalue weighted by atomic mass is 16.5. The summed E-state index contributed by atoms with van der Waals surface area (Å²) in [5.74, 6) is -1.92. The highest BCUT2D eigenvalue weighted by Crippen LogP contribution is 2.45. The zero-order valence-corrected chi connectivity index (χ0v) is 16.6. The maximum absolute atomic E-state index is 12.7. The Morgan fingerprint density at radius 2 is 1.52 bits per heavy atom. The Morgan fingerprint density at radius 1 is 0.903 bits per heavy atom. The van der Waals surface area contributed by atoms with E-state index in [2.05, 4.69) is 17.4 Å². The second-order valence-corrected chi connectivity index (χ2v) is 7.94. The van der Waals surface area contributed by atoms with Gasteiger partial charge in [-0.25, -0.2) is 4.79 Å². The van der Waals surface area contributed by atoms with Crippen molar-refractivity contribution in [2.45, 2.75) is 18.4 Å². The van der Waals surface area contributed by atoms with E-state index in [9.17, 15) is 19.8 Å². The molecule has 6 nitrogen and oxygen atoms in total. The second-order valence-electron chi connectivity index (χ2n) is 7.94. The van der Waals surface area contributed by atoms with Gasteiger partial charge in [-0.3, -0.25) is 4.79 Å². The fourth-order valence-electron chi connectivity index (χ4n) is 4.84. The zero-order valence-electron chi connectivity index (χ0n) is 16.6. The molecule has 0 saturated carbocycles. The van der Waals surface area contributed by atoms with Gasteiger partial charge >= 0.3 is 12.1 Å². The number of aromatic hydroxyl groups is 1. The number of carbonyl (C=O) groups is 2. The number of phenols is 1. The van der Waals surface area contributed by atoms with E-state index in [0.29, 0.717) is 11.1 Å². The summed E-state index contributed by atoms with van der Waals surface area (Å²) in [4.78, 5) is 24.4. The number of carboxylic acid groups (broad SMARTS) is 1. The molecule has 0 aliphatic heterocycles. The number of phenolic OH excluding ortho intramolecular Hbond substituents is 1. The molecule has 0 spiro atoms. The van der Waals surface area contributed by atoms with Crippen molar-refractivity contribution in [3.63, 3.8) is 0 Å². The first kappa shape index (κ1) is 19.2. The summed E-state index contributed by atoms with van der Waals surface area (Å²) < 4.78 is 5.57. The highest BCUT2D eigenvalue weighted by molar-refractivity contribution is 5.79. The predicted molar refractivity (Wildman–Crippen MR) is 114 cm³/mol. The monoisotopic (exact) mass is 415 g/mol. The summed E-state index contributed by atoms with van der Waals surface area (Å²) in [6.45, 7) is 0.150. The molecule has 0 saturated heterocycles. The lowest BCUT2D eigenvalue weighted by atomic mass is 9.98. The van der Waals surface area contributed by atoms with Gasteiger partial charge in [0.15, 0.2) is 0 Å². The third-order valence-corrected chi connectivity index (χ3v) is 6.28. The molecule has 2 aliphatic carbocycles. The van der Waals surface area contributed by atoms with Gasteiger partial charge in [-0.2, -0.15) is 0 Å². The predicted octanol–water partition coefficient (Wildman–Crippen LogP) is 4.23. The lowest BCUT2D eigenvalue weighted by molar-refractivity contribution is -0.142. The van der Waals surface area contributed by atoms with Gasteiger partial charge in [0, 0.05) is 11.5 Å². The number of alkyl carbamates (subject to hydrolysis) is 1. The number of carboxylic acids is 1. The summed E-state index contributed by atoms with van der Waals surface area (Å²) in [6.07, 6.45) is -0.514. The van der Waals surface area contributed by atoms with Crippen LogP contribution in [0.25, 0.3) is 11.1 Å². The van der Waals surface area contributed by atoms with E-state index in [1.165, 1.54) is 6.07 Å². The van der Waals surface area contributed by atoms with Gasteiger partial charge in [0.2, 0.25) is 0 Å². The Balaban J connectivity index is 1.34. The molecule has 2 aliphatic rings. The van der Waals surface area contributed by atoms with Crippen LogP contribution in [0, 0.1) is 5.92 Å². The molecule has 0 heterocycles. The van der Waals surface area contributed by atoms with Crippen molar-refractivity contribution in [2.75, 3.05) is 6.61 Å². The molecule has 5 rings (SSSR count). The number of carbonyl (C=O) groups excluding carboxylic acids is 1. The van der Waals surface area contributed by atoms with Crippen LogP contribution in [0.4, 0.5) is 4.79 Å². The summed E-state index contributed by atoms with van der Waals surface area (Å²) in [6, 6.07) is 20.3. The van der Waals surface area contributed by atoms with Crippen molar-refractivity contribution >= 4 is 12.1 Å². The number of nitrogens with one attached hydrogen (secondary N) is 1. The average molecular weight is 415 g/mol. The standard InChI is InChI=1S/C25H21NO5/c27-22-11-5-10-18-19(22)12-20(24(28)29)23(18)26-25(30)31-13-21-16-8-3-1-6-14(16)15-7-2-4-9-17(15)21/h1-11,20-21,23,27H,12-13H2,(H,26,30)(H,28,29). The SMILES string of the molecule is O=C(NC1c2cccc(O)c2CC1C(=O)O)OCC1c2ccccc2-c2ccccc21. The van der Waals surface area contributed by atoms with Crippen LogP contribution in [0.5, 0.6) is 5.75 Å². The number of amides is 1. The zero-order chi connectivity index (χ0) is 21.5. The molecular weight excluding hydrogens is 394 g/mol. The lowest BCUT2D eigenvalue weighted by Gasteiger charge is -2.20. The molecule has 1 amide bonds. The molecule has 31 heavy (non-hydrogen) atoms. The van der Waals surface area contributed by atoms with Crippen molar-refractivity contribution in [3.05, 3.63) is 89.0 Å². The maximum Gasteiger partial charge on any atom is 0.407 e. The van der Waals surface area contributed by atoms with Gasteiger partial charge in [0.25, 0.3) is 0 Å². The number of fused-ring (bicyclic) bond motifs is 4. The average Bonchev–Trinajstić information content (AvgIpc) is 3.30. The van der Waals surface area contributed by atoms with Gasteiger partial charge in [-0.1, -0.05) is 60.7 Å². The quantitative estimate of drug-likeness (QED) is 0.593. The summed E-state index contributed by atoms with van der Waals surface area (Å²) in [7, 11) is 0. The number of hydrogen-bond donors (Lipinski definition) is 3. The third kappa shape index (κ3) is 3.20. The fourth-order valence-corrected chi connectivity index (χ4v) is 4.84. The molecule has 156 valence electrons. The largest absolute Gasteiger partial charge is 0.508 e. The van der Waals surface area contributed by atoms with Crippen LogP contribution in [0.3, 0.4) is 0 Å². The van der Waals surface area contributed by atoms with Crippen LogP contribution in [0.2, 0.25) is 0 Å². The molecule has 0 radical (unpaired) electrons. The fraction of sp³-hybridized carbons (Fsp3) is 0.200. The van der Waals surface area contributed by atoms with E-state index >= 15 is 0 Å². The lowest BCUT2D eigenvalue weighted by Crippen LogP contribution is -2.35. The van der Waals surface area contributed by atoms with Gasteiger partial charge in [-0.15, -0.1) is 0 Å². The molecular formula is C25H21NO5. The summed E-state index contributed by atoms with van der Waals surface area (Å²) in [5.41, 5.74) is 5.66. The molecule has 0 bridgehead atoms. The van der Waals surface area contributed by atoms with Gasteiger partial charge < -0.3 is 20.3 Å². The molecule has 0 fully saturated rings. The minimum atomic E-state index is -1.03. The van der Waals surface area contributed by atoms with Crippen molar-refractivity contribution < 1.29 is 24.5 Å². The first-order chi connectivity index (χ1) is 15.0. The van der Waals surface area contributed by atoms with Crippen LogP contribution in [-0.2, 0) is 16.0 Å². The van der Waals surface area contributed by atoms with Crippen molar-refractivity contribution in [2.24, 2.45) is 5.92 Å². The third-order valence-electron chi connectivity index (χ3n) is 6.28. The van der Waals surface area contributed by atoms with Gasteiger partial charge in [-0.05, 0) is 40.3 Å². The Bertz CT molecular complexity index is 1140. The number of ether oxygens (including phenoxy) is 1. The highest BCUT2D eigenvalue weighted by Gasteiger charge is 2.40. The van der Waals surface area contributed by atoms with Crippen LogP contribution in [-0.4, -0.2) is 28.9 Å². The first-order valence-electron chi connectivity index (χ1n) is 10.2. The molecule has 3 aromatic carbocycles. The van der Waals surface area contributed by atoms with E-state index in [1.54, 1.807) is 12.1 Å². The molecule has 6 heteroatoms.